The van der Waals surface area contributed by atoms with Gasteiger partial charge >= 0.3 is 0 Å². The van der Waals surface area contributed by atoms with Gasteiger partial charge in [-0.15, -0.1) is 0 Å². The molecule has 0 aliphatic carbocycles. The number of aryl methyl sites for hydroxylation is 2. The van der Waals surface area contributed by atoms with Crippen LogP contribution in [0.5, 0.6) is 5.75 Å². The molecule has 2 aromatic carbocycles. The lowest BCUT2D eigenvalue weighted by molar-refractivity contribution is 0.102. The Labute approximate surface area is 158 Å². The topological polar surface area (TPSA) is 75.7 Å². The standard InChI is InChI=1S/C18H21ClN2O4S/c1-11-6-7-13(9-17(11)26(23,24)21(3)4)18(22)20-15-8-12(2)14(19)10-16(15)25-5/h6-10H,1-5H3,(H,20,22). The minimum atomic E-state index is -3.65. The smallest absolute Gasteiger partial charge is 0.255 e. The molecule has 6 nitrogen and oxygen atoms in total. The molecule has 8 heteroatoms. The number of carbonyl (C=O) groups is 1. The second kappa shape index (κ2) is 7.65. The van der Waals surface area contributed by atoms with Gasteiger partial charge in [-0.1, -0.05) is 17.7 Å². The highest BCUT2D eigenvalue weighted by Crippen LogP contribution is 2.31. The van der Waals surface area contributed by atoms with Crippen molar-refractivity contribution >= 4 is 33.2 Å². The average Bonchev–Trinajstić information content (AvgIpc) is 2.57. The first-order valence-corrected chi connectivity index (χ1v) is 9.58. The maximum Gasteiger partial charge on any atom is 0.255 e. The number of hydrogen-bond acceptors (Lipinski definition) is 4. The van der Waals surface area contributed by atoms with Crippen LogP contribution in [-0.4, -0.2) is 39.8 Å². The lowest BCUT2D eigenvalue weighted by Gasteiger charge is -2.15. The number of rotatable bonds is 5. The van der Waals surface area contributed by atoms with Crippen molar-refractivity contribution < 1.29 is 17.9 Å². The van der Waals surface area contributed by atoms with E-state index in [1.54, 1.807) is 31.2 Å². The Morgan fingerprint density at radius 2 is 1.77 bits per heavy atom. The van der Waals surface area contributed by atoms with Crippen LogP contribution in [0, 0.1) is 13.8 Å². The van der Waals surface area contributed by atoms with Gasteiger partial charge in [0.2, 0.25) is 10.0 Å². The van der Waals surface area contributed by atoms with Gasteiger partial charge in [0, 0.05) is 30.7 Å². The fourth-order valence-corrected chi connectivity index (χ4v) is 3.64. The van der Waals surface area contributed by atoms with Crippen molar-refractivity contribution in [2.75, 3.05) is 26.5 Å². The number of anilines is 1. The highest BCUT2D eigenvalue weighted by atomic mass is 35.5. The Morgan fingerprint density at radius 1 is 1.12 bits per heavy atom. The highest BCUT2D eigenvalue weighted by molar-refractivity contribution is 7.89. The van der Waals surface area contributed by atoms with Gasteiger partial charge in [-0.05, 0) is 43.2 Å². The first-order valence-electron chi connectivity index (χ1n) is 7.76. The van der Waals surface area contributed by atoms with E-state index in [-0.39, 0.29) is 10.5 Å². The Kier molecular flexibility index (Phi) is 5.95. The van der Waals surface area contributed by atoms with Crippen molar-refractivity contribution in [3.8, 4) is 5.75 Å². The summed E-state index contributed by atoms with van der Waals surface area (Å²) in [7, 11) is 0.721. The van der Waals surface area contributed by atoms with E-state index in [1.807, 2.05) is 6.92 Å². The molecule has 140 valence electrons. The van der Waals surface area contributed by atoms with E-state index in [1.165, 1.54) is 27.3 Å². The largest absolute Gasteiger partial charge is 0.495 e. The van der Waals surface area contributed by atoms with Gasteiger partial charge < -0.3 is 10.1 Å². The number of halogens is 1. The van der Waals surface area contributed by atoms with Crippen molar-refractivity contribution in [1.29, 1.82) is 0 Å². The summed E-state index contributed by atoms with van der Waals surface area (Å²) in [6.45, 7) is 3.49. The number of benzene rings is 2. The predicted octanol–water partition coefficient (Wildman–Crippen LogP) is 3.47. The Bertz CT molecular complexity index is 956. The lowest BCUT2D eigenvalue weighted by atomic mass is 10.1. The molecule has 1 amide bonds. The minimum Gasteiger partial charge on any atom is -0.495 e. The summed E-state index contributed by atoms with van der Waals surface area (Å²) in [4.78, 5) is 12.7. The second-order valence-corrected chi connectivity index (χ2v) is 8.55. The minimum absolute atomic E-state index is 0.0920. The van der Waals surface area contributed by atoms with Crippen molar-refractivity contribution in [3.63, 3.8) is 0 Å². The summed E-state index contributed by atoms with van der Waals surface area (Å²) in [5, 5.41) is 3.26. The molecule has 0 radical (unpaired) electrons. The van der Waals surface area contributed by atoms with Crippen LogP contribution in [-0.2, 0) is 10.0 Å². The monoisotopic (exact) mass is 396 g/mol. The molecule has 0 fully saturated rings. The highest BCUT2D eigenvalue weighted by Gasteiger charge is 2.22. The van der Waals surface area contributed by atoms with E-state index >= 15 is 0 Å². The normalized spacial score (nSPS) is 11.5. The lowest BCUT2D eigenvalue weighted by Crippen LogP contribution is -2.23. The van der Waals surface area contributed by atoms with Gasteiger partial charge in [0.05, 0.1) is 17.7 Å². The van der Waals surface area contributed by atoms with E-state index in [2.05, 4.69) is 5.32 Å². The summed E-state index contributed by atoms with van der Waals surface area (Å²) in [5.74, 6) is -0.0255. The number of ether oxygens (including phenoxy) is 1. The fourth-order valence-electron chi connectivity index (χ4n) is 2.34. The Balaban J connectivity index is 2.42. The van der Waals surface area contributed by atoms with Crippen LogP contribution >= 0.6 is 11.6 Å². The van der Waals surface area contributed by atoms with E-state index in [0.717, 1.165) is 9.87 Å². The first-order chi connectivity index (χ1) is 12.1. The molecule has 0 saturated heterocycles. The third-order valence-corrected chi connectivity index (χ3v) is 6.30. The van der Waals surface area contributed by atoms with E-state index in [0.29, 0.717) is 22.0 Å². The van der Waals surface area contributed by atoms with Crippen molar-refractivity contribution in [3.05, 3.63) is 52.0 Å². The quantitative estimate of drug-likeness (QED) is 0.839. The number of nitrogens with zero attached hydrogens (tertiary/aromatic N) is 1. The second-order valence-electron chi connectivity index (χ2n) is 6.02. The van der Waals surface area contributed by atoms with Crippen LogP contribution in [0.3, 0.4) is 0 Å². The van der Waals surface area contributed by atoms with Gasteiger partial charge in [0.25, 0.3) is 5.91 Å². The fraction of sp³-hybridized carbons (Fsp3) is 0.278. The van der Waals surface area contributed by atoms with Crippen molar-refractivity contribution in [1.82, 2.24) is 4.31 Å². The molecule has 0 atom stereocenters. The van der Waals surface area contributed by atoms with Crippen LogP contribution in [0.25, 0.3) is 0 Å². The summed E-state index contributed by atoms with van der Waals surface area (Å²) in [6.07, 6.45) is 0. The summed E-state index contributed by atoms with van der Waals surface area (Å²) in [5.41, 5.74) is 2.03. The molecule has 0 aliphatic rings. The number of hydrogen-bond donors (Lipinski definition) is 1. The molecule has 0 heterocycles. The van der Waals surface area contributed by atoms with Gasteiger partial charge in [-0.25, -0.2) is 12.7 Å². The van der Waals surface area contributed by atoms with Crippen LogP contribution in [0.4, 0.5) is 5.69 Å². The zero-order valence-electron chi connectivity index (χ0n) is 15.3. The molecule has 0 aliphatic heterocycles. The molecule has 0 spiro atoms. The van der Waals surface area contributed by atoms with E-state index < -0.39 is 15.9 Å². The number of sulfonamides is 1. The molecule has 1 N–H and O–H groups in total. The zero-order chi connectivity index (χ0) is 19.6. The maximum absolute atomic E-state index is 12.6. The molecular weight excluding hydrogens is 376 g/mol. The SMILES string of the molecule is COc1cc(Cl)c(C)cc1NC(=O)c1ccc(C)c(S(=O)(=O)N(C)C)c1. The maximum atomic E-state index is 12.6. The molecule has 0 saturated carbocycles. The first kappa shape index (κ1) is 20.2. The summed E-state index contributed by atoms with van der Waals surface area (Å²) < 4.78 is 31.2. The number of methoxy groups -OCH3 is 1. The van der Waals surface area contributed by atoms with Gasteiger partial charge in [-0.2, -0.15) is 0 Å². The third kappa shape index (κ3) is 4.00. The van der Waals surface area contributed by atoms with Crippen molar-refractivity contribution in [2.45, 2.75) is 18.7 Å². The number of carbonyl (C=O) groups excluding carboxylic acids is 1. The van der Waals surface area contributed by atoms with Crippen LogP contribution in [0.15, 0.2) is 35.2 Å². The molecule has 26 heavy (non-hydrogen) atoms. The van der Waals surface area contributed by atoms with Crippen LogP contribution < -0.4 is 10.1 Å². The predicted molar refractivity (Wildman–Crippen MR) is 103 cm³/mol. The van der Waals surface area contributed by atoms with Gasteiger partial charge in [0.1, 0.15) is 5.75 Å². The molecule has 0 aromatic heterocycles. The van der Waals surface area contributed by atoms with Gasteiger partial charge in [-0.3, -0.25) is 4.79 Å². The molecular formula is C18H21ClN2O4S. The summed E-state index contributed by atoms with van der Waals surface area (Å²) in [6, 6.07) is 7.87. The van der Waals surface area contributed by atoms with E-state index in [9.17, 15) is 13.2 Å². The Morgan fingerprint density at radius 3 is 2.35 bits per heavy atom. The number of amides is 1. The molecule has 2 rings (SSSR count). The van der Waals surface area contributed by atoms with Crippen LogP contribution in [0.1, 0.15) is 21.5 Å². The average molecular weight is 397 g/mol. The summed E-state index contributed by atoms with van der Waals surface area (Å²) >= 11 is 6.07. The molecule has 0 unspecified atom stereocenters. The Hall–Kier alpha value is -2.09. The zero-order valence-corrected chi connectivity index (χ0v) is 16.8. The molecule has 2 aromatic rings. The third-order valence-electron chi connectivity index (χ3n) is 3.94. The number of nitrogens with one attached hydrogen (secondary N) is 1. The van der Waals surface area contributed by atoms with Gasteiger partial charge in [0.15, 0.2) is 0 Å². The van der Waals surface area contributed by atoms with Crippen LogP contribution in [0.2, 0.25) is 5.02 Å². The molecule has 0 bridgehead atoms. The van der Waals surface area contributed by atoms with E-state index in [4.69, 9.17) is 16.3 Å². The van der Waals surface area contributed by atoms with Crippen molar-refractivity contribution in [2.24, 2.45) is 0 Å².